The van der Waals surface area contributed by atoms with Gasteiger partial charge in [0.05, 0.1) is 17.2 Å². The molecule has 0 amide bonds. The monoisotopic (exact) mass is 507 g/mol. The molecule has 0 aliphatic carbocycles. The first-order chi connectivity index (χ1) is 17.1. The molecule has 5 rings (SSSR count). The van der Waals surface area contributed by atoms with Crippen molar-refractivity contribution < 1.29 is 32.2 Å². The number of ether oxygens (including phenoxy) is 1. The number of aliphatic hydroxyl groups excluding tert-OH is 1. The number of halogens is 4. The molecule has 36 heavy (non-hydrogen) atoms. The highest BCUT2D eigenvalue weighted by atomic mass is 19.4. The molecule has 194 valence electrons. The van der Waals surface area contributed by atoms with Crippen LogP contribution < -0.4 is 4.90 Å². The zero-order chi connectivity index (χ0) is 25.7. The number of aliphatic hydroxyl groups is 1. The van der Waals surface area contributed by atoms with Gasteiger partial charge in [0.25, 0.3) is 0 Å². The van der Waals surface area contributed by atoms with E-state index < -0.39 is 23.7 Å². The van der Waals surface area contributed by atoms with Crippen molar-refractivity contribution in [1.29, 1.82) is 0 Å². The molecule has 3 aliphatic rings. The number of anilines is 1. The third kappa shape index (κ3) is 4.68. The van der Waals surface area contributed by atoms with Crippen LogP contribution in [0.3, 0.4) is 0 Å². The van der Waals surface area contributed by atoms with E-state index >= 15 is 0 Å². The number of cyclic esters (lactones) is 1. The number of pyridine rings is 1. The van der Waals surface area contributed by atoms with Crippen LogP contribution in [0, 0.1) is 18.2 Å². The molecule has 0 bridgehead atoms. The number of carbonyl (C=O) groups is 1. The maximum absolute atomic E-state index is 14.4. The third-order valence-corrected chi connectivity index (χ3v) is 8.19. The van der Waals surface area contributed by atoms with Gasteiger partial charge in [-0.3, -0.25) is 0 Å². The zero-order valence-electron chi connectivity index (χ0n) is 20.1. The van der Waals surface area contributed by atoms with E-state index in [2.05, 4.69) is 9.88 Å². The Morgan fingerprint density at radius 2 is 1.81 bits per heavy atom. The van der Waals surface area contributed by atoms with Crippen LogP contribution in [0.25, 0.3) is 0 Å². The van der Waals surface area contributed by atoms with E-state index in [1.165, 1.54) is 0 Å². The van der Waals surface area contributed by atoms with Gasteiger partial charge in [0.2, 0.25) is 0 Å². The van der Waals surface area contributed by atoms with Crippen molar-refractivity contribution in [1.82, 2.24) is 9.88 Å². The summed E-state index contributed by atoms with van der Waals surface area (Å²) < 4.78 is 57.9. The normalized spacial score (nSPS) is 20.9. The lowest BCUT2D eigenvalue weighted by atomic mass is 9.71. The Morgan fingerprint density at radius 1 is 1.14 bits per heavy atom. The van der Waals surface area contributed by atoms with Gasteiger partial charge < -0.3 is 19.6 Å². The fourth-order valence-corrected chi connectivity index (χ4v) is 5.79. The number of hydrogen-bond donors (Lipinski definition) is 1. The van der Waals surface area contributed by atoms with Gasteiger partial charge in [-0.05, 0) is 74.4 Å². The number of aromatic nitrogens is 1. The minimum Gasteiger partial charge on any atom is -0.457 e. The van der Waals surface area contributed by atoms with E-state index in [4.69, 9.17) is 4.74 Å². The lowest BCUT2D eigenvalue weighted by molar-refractivity contribution is -0.138. The number of hydrogen-bond acceptors (Lipinski definition) is 6. The second-order valence-corrected chi connectivity index (χ2v) is 10.2. The number of piperidine rings is 2. The molecular formula is C26H29F4N3O3. The molecule has 0 unspecified atom stereocenters. The summed E-state index contributed by atoms with van der Waals surface area (Å²) >= 11 is 0. The molecule has 1 spiro atoms. The van der Waals surface area contributed by atoms with Crippen LogP contribution in [-0.2, 0) is 17.5 Å². The molecule has 2 aromatic rings. The fraction of sp³-hybridized carbons (Fsp3) is 0.538. The Bertz CT molecular complexity index is 1150. The lowest BCUT2D eigenvalue weighted by Gasteiger charge is -2.47. The Kier molecular flexibility index (Phi) is 6.45. The molecule has 1 aromatic heterocycles. The number of esters is 1. The zero-order valence-corrected chi connectivity index (χ0v) is 20.1. The van der Waals surface area contributed by atoms with Crippen LogP contribution in [0.4, 0.5) is 23.4 Å². The van der Waals surface area contributed by atoms with Gasteiger partial charge >= 0.3 is 12.1 Å². The smallest absolute Gasteiger partial charge is 0.417 e. The summed E-state index contributed by atoms with van der Waals surface area (Å²) in [6, 6.07) is 4.05. The summed E-state index contributed by atoms with van der Waals surface area (Å²) in [5.74, 6) is -1.28. The van der Waals surface area contributed by atoms with E-state index in [1.54, 1.807) is 17.0 Å². The number of β-amino-alcohol motifs (C(OH)–C–C–N with tert-alkyl or cyclic N) is 1. The summed E-state index contributed by atoms with van der Waals surface area (Å²) in [5.41, 5.74) is 2.16. The lowest BCUT2D eigenvalue weighted by Crippen LogP contribution is -2.48. The maximum atomic E-state index is 14.4. The quantitative estimate of drug-likeness (QED) is 0.481. The molecule has 2 saturated heterocycles. The topological polar surface area (TPSA) is 65.9 Å². The summed E-state index contributed by atoms with van der Waals surface area (Å²) in [6.45, 7) is 5.41. The largest absolute Gasteiger partial charge is 0.457 e. The number of likely N-dealkylation sites (tertiary alicyclic amines) is 1. The molecule has 6 nitrogen and oxygen atoms in total. The van der Waals surface area contributed by atoms with Crippen LogP contribution >= 0.6 is 0 Å². The summed E-state index contributed by atoms with van der Waals surface area (Å²) in [4.78, 5) is 19.5. The van der Waals surface area contributed by atoms with Gasteiger partial charge in [-0.1, -0.05) is 6.07 Å². The second-order valence-electron chi connectivity index (χ2n) is 10.2. The average Bonchev–Trinajstić information content (AvgIpc) is 3.22. The van der Waals surface area contributed by atoms with E-state index in [1.807, 2.05) is 6.92 Å². The van der Waals surface area contributed by atoms with Crippen molar-refractivity contribution in [2.45, 2.75) is 51.5 Å². The van der Waals surface area contributed by atoms with Gasteiger partial charge in [-0.15, -0.1) is 0 Å². The molecule has 1 atom stereocenters. The van der Waals surface area contributed by atoms with E-state index in [9.17, 15) is 27.5 Å². The van der Waals surface area contributed by atoms with Gasteiger partial charge in [-0.25, -0.2) is 14.2 Å². The standard InChI is InChI=1S/C26H29F4N3O3/c1-16-18(2-3-19-20(16)15-36-24(19)35)22(34)14-32-8-4-25(5-9-32)6-10-33(11-7-25)23-21(27)12-17(13-31-23)26(28,29)30/h2-3,12-13,22,34H,4-11,14-15H2,1H3/t22-/m0/s1. The highest BCUT2D eigenvalue weighted by molar-refractivity contribution is 5.93. The second kappa shape index (κ2) is 9.30. The maximum Gasteiger partial charge on any atom is 0.417 e. The van der Waals surface area contributed by atoms with Crippen molar-refractivity contribution >= 4 is 11.8 Å². The summed E-state index contributed by atoms with van der Waals surface area (Å²) in [7, 11) is 0. The van der Waals surface area contributed by atoms with Gasteiger partial charge in [-0.2, -0.15) is 13.2 Å². The summed E-state index contributed by atoms with van der Waals surface area (Å²) in [6.07, 6.45) is -1.06. The number of rotatable bonds is 4. The molecule has 1 N–H and O–H groups in total. The first-order valence-corrected chi connectivity index (χ1v) is 12.2. The number of carbonyl (C=O) groups excluding carboxylic acids is 1. The van der Waals surface area contributed by atoms with Crippen molar-refractivity contribution in [3.63, 3.8) is 0 Å². The first-order valence-electron chi connectivity index (χ1n) is 12.2. The first kappa shape index (κ1) is 25.0. The minimum atomic E-state index is -4.62. The number of alkyl halides is 3. The molecule has 10 heteroatoms. The summed E-state index contributed by atoms with van der Waals surface area (Å²) in [5, 5.41) is 10.9. The minimum absolute atomic E-state index is 0.0183. The van der Waals surface area contributed by atoms with E-state index in [0.717, 1.165) is 55.5 Å². The molecule has 1 aromatic carbocycles. The fourth-order valence-electron chi connectivity index (χ4n) is 5.79. The highest BCUT2D eigenvalue weighted by Gasteiger charge is 2.39. The predicted molar refractivity (Wildman–Crippen MR) is 124 cm³/mol. The average molecular weight is 508 g/mol. The van der Waals surface area contributed by atoms with Crippen molar-refractivity contribution in [2.75, 3.05) is 37.6 Å². The number of fused-ring (bicyclic) bond motifs is 1. The molecule has 2 fully saturated rings. The van der Waals surface area contributed by atoms with Crippen LogP contribution in [-0.4, -0.2) is 53.7 Å². The van der Waals surface area contributed by atoms with E-state index in [-0.39, 0.29) is 23.8 Å². The third-order valence-electron chi connectivity index (χ3n) is 8.19. The Labute approximate surface area is 206 Å². The molecule has 3 aliphatic heterocycles. The SMILES string of the molecule is Cc1c([C@@H](O)CN2CCC3(CC2)CCN(c2ncc(C(F)(F)F)cc2F)CC3)ccc2c1COC2=O. The Hall–Kier alpha value is -2.72. The highest BCUT2D eigenvalue weighted by Crippen LogP contribution is 2.43. The van der Waals surface area contributed by atoms with E-state index in [0.29, 0.717) is 37.5 Å². The van der Waals surface area contributed by atoms with Crippen LogP contribution in [0.15, 0.2) is 24.4 Å². The van der Waals surface area contributed by atoms with Gasteiger partial charge in [0, 0.05) is 31.4 Å². The predicted octanol–water partition coefficient (Wildman–Crippen LogP) is 4.63. The molecule has 0 radical (unpaired) electrons. The molecule has 0 saturated carbocycles. The Balaban J connectivity index is 1.16. The van der Waals surface area contributed by atoms with Crippen molar-refractivity contribution in [3.05, 3.63) is 58.0 Å². The number of nitrogens with zero attached hydrogens (tertiary/aromatic N) is 3. The Morgan fingerprint density at radius 3 is 2.44 bits per heavy atom. The van der Waals surface area contributed by atoms with Crippen molar-refractivity contribution in [3.8, 4) is 0 Å². The van der Waals surface area contributed by atoms with Crippen LogP contribution in [0.1, 0.15) is 64.4 Å². The molecule has 4 heterocycles. The van der Waals surface area contributed by atoms with Gasteiger partial charge in [0.1, 0.15) is 6.61 Å². The van der Waals surface area contributed by atoms with Crippen molar-refractivity contribution in [2.24, 2.45) is 5.41 Å². The van der Waals surface area contributed by atoms with Crippen LogP contribution in [0.5, 0.6) is 0 Å². The number of benzene rings is 1. The molecular weight excluding hydrogens is 478 g/mol. The van der Waals surface area contributed by atoms with Gasteiger partial charge in [0.15, 0.2) is 11.6 Å². The van der Waals surface area contributed by atoms with Crippen LogP contribution in [0.2, 0.25) is 0 Å².